The molecule has 0 bridgehead atoms. The first-order valence-electron chi connectivity index (χ1n) is 11.1. The maximum Gasteiger partial charge on any atom is 0.257 e. The molecule has 2 unspecified atom stereocenters. The molecule has 2 aliphatic heterocycles. The van der Waals surface area contributed by atoms with Crippen LogP contribution in [0.15, 0.2) is 34.5 Å². The Bertz CT molecular complexity index is 1120. The average molecular weight is 492 g/mol. The number of nitrogens with one attached hydrogen (secondary N) is 2. The summed E-state index contributed by atoms with van der Waals surface area (Å²) in [5.41, 5.74) is 1.13. The number of likely N-dealkylation sites (tertiary alicyclic amines) is 1. The van der Waals surface area contributed by atoms with Gasteiger partial charge >= 0.3 is 0 Å². The molecule has 0 aliphatic carbocycles. The highest BCUT2D eigenvalue weighted by Gasteiger charge is 2.29. The molecule has 9 nitrogen and oxygen atoms in total. The number of nitrogens with zero attached hydrogens (tertiary/aromatic N) is 3. The third kappa shape index (κ3) is 5.78. The maximum atomic E-state index is 12.9. The predicted octanol–water partition coefficient (Wildman–Crippen LogP) is 1.99. The molecule has 33 heavy (non-hydrogen) atoms. The Kier molecular flexibility index (Phi) is 7.13. The number of aromatic nitrogens is 1. The largest absolute Gasteiger partial charge is 0.354 e. The Balaban J connectivity index is 1.42. The van der Waals surface area contributed by atoms with Crippen molar-refractivity contribution >= 4 is 38.3 Å². The average Bonchev–Trinajstić information content (AvgIpc) is 3.19. The molecule has 2 fully saturated rings. The molecule has 178 valence electrons. The van der Waals surface area contributed by atoms with E-state index in [-0.39, 0.29) is 36.0 Å². The van der Waals surface area contributed by atoms with Crippen LogP contribution in [-0.4, -0.2) is 67.1 Å². The Hall–Kier alpha value is -2.34. The molecule has 0 saturated carbocycles. The first kappa shape index (κ1) is 23.8. The van der Waals surface area contributed by atoms with Crippen molar-refractivity contribution in [2.24, 2.45) is 11.8 Å². The highest BCUT2D eigenvalue weighted by Crippen LogP contribution is 2.24. The molecule has 0 spiro atoms. The summed E-state index contributed by atoms with van der Waals surface area (Å²) in [5.74, 6) is 0.556. The number of piperidine rings is 1. The van der Waals surface area contributed by atoms with Crippen molar-refractivity contribution in [1.82, 2.24) is 19.5 Å². The molecule has 11 heteroatoms. The molecule has 2 aliphatic rings. The van der Waals surface area contributed by atoms with Crippen LogP contribution in [-0.2, 0) is 21.4 Å². The fourth-order valence-electron chi connectivity index (χ4n) is 4.52. The highest BCUT2D eigenvalue weighted by molar-refractivity contribution is 7.89. The number of rotatable bonds is 6. The first-order chi connectivity index (χ1) is 15.7. The summed E-state index contributed by atoms with van der Waals surface area (Å²) >= 11 is 1.35. The van der Waals surface area contributed by atoms with Crippen LogP contribution in [0.25, 0.3) is 0 Å². The van der Waals surface area contributed by atoms with Crippen LogP contribution in [0.3, 0.4) is 0 Å². The Labute approximate surface area is 198 Å². The zero-order valence-electron chi connectivity index (χ0n) is 18.8. The minimum absolute atomic E-state index is 0.0157. The van der Waals surface area contributed by atoms with Gasteiger partial charge in [0.2, 0.25) is 15.9 Å². The Morgan fingerprint density at radius 3 is 2.76 bits per heavy atom. The van der Waals surface area contributed by atoms with Gasteiger partial charge in [-0.2, -0.15) is 4.31 Å². The second-order valence-electron chi connectivity index (χ2n) is 8.95. The van der Waals surface area contributed by atoms with E-state index in [2.05, 4.69) is 34.4 Å². The van der Waals surface area contributed by atoms with Gasteiger partial charge in [-0.1, -0.05) is 19.9 Å². The second-order valence-corrected chi connectivity index (χ2v) is 11.8. The number of anilines is 1. The van der Waals surface area contributed by atoms with E-state index in [0.717, 1.165) is 29.6 Å². The number of benzene rings is 1. The van der Waals surface area contributed by atoms with Gasteiger partial charge in [-0.25, -0.2) is 13.4 Å². The second kappa shape index (κ2) is 9.88. The molecule has 1 aromatic carbocycles. The highest BCUT2D eigenvalue weighted by atomic mass is 32.2. The van der Waals surface area contributed by atoms with Crippen LogP contribution >= 0.6 is 11.3 Å². The summed E-state index contributed by atoms with van der Waals surface area (Å²) in [6.45, 7) is 7.61. The van der Waals surface area contributed by atoms with Gasteiger partial charge in [-0.15, -0.1) is 11.3 Å². The molecule has 3 heterocycles. The van der Waals surface area contributed by atoms with Gasteiger partial charge in [0.1, 0.15) is 0 Å². The summed E-state index contributed by atoms with van der Waals surface area (Å²) < 4.78 is 26.9. The van der Waals surface area contributed by atoms with Crippen LogP contribution in [0, 0.1) is 11.8 Å². The van der Waals surface area contributed by atoms with E-state index in [4.69, 9.17) is 0 Å². The lowest BCUT2D eigenvalue weighted by molar-refractivity contribution is -0.122. The SMILES string of the molecule is CC1CC(C)CN(Cc2csc(NC(=O)c3cccc(S(=O)(=O)N4CCNC(=O)C4)c3)n2)C1. The van der Waals surface area contributed by atoms with Crippen LogP contribution in [0.5, 0.6) is 0 Å². The van der Waals surface area contributed by atoms with Crippen LogP contribution in [0.4, 0.5) is 5.13 Å². The lowest BCUT2D eigenvalue weighted by Crippen LogP contribution is -2.49. The van der Waals surface area contributed by atoms with Crippen molar-refractivity contribution in [2.45, 2.75) is 31.7 Å². The zero-order chi connectivity index (χ0) is 23.6. The van der Waals surface area contributed by atoms with Gasteiger partial charge in [0, 0.05) is 43.7 Å². The van der Waals surface area contributed by atoms with Gasteiger partial charge in [-0.05, 0) is 36.5 Å². The lowest BCUT2D eigenvalue weighted by atomic mass is 9.92. The van der Waals surface area contributed by atoms with Gasteiger partial charge < -0.3 is 5.32 Å². The van der Waals surface area contributed by atoms with E-state index in [1.54, 1.807) is 6.07 Å². The first-order valence-corrected chi connectivity index (χ1v) is 13.4. The van der Waals surface area contributed by atoms with Crippen molar-refractivity contribution in [1.29, 1.82) is 0 Å². The van der Waals surface area contributed by atoms with Gasteiger partial charge in [0.15, 0.2) is 5.13 Å². The van der Waals surface area contributed by atoms with Gasteiger partial charge in [0.25, 0.3) is 5.91 Å². The van der Waals surface area contributed by atoms with E-state index in [0.29, 0.717) is 17.0 Å². The zero-order valence-corrected chi connectivity index (χ0v) is 20.4. The Morgan fingerprint density at radius 1 is 1.27 bits per heavy atom. The van der Waals surface area contributed by atoms with Crippen molar-refractivity contribution in [3.05, 3.63) is 40.9 Å². The molecule has 2 saturated heterocycles. The molecule has 4 rings (SSSR count). The third-order valence-electron chi connectivity index (χ3n) is 5.84. The number of hydrogen-bond donors (Lipinski definition) is 2. The van der Waals surface area contributed by atoms with Crippen LogP contribution in [0.2, 0.25) is 0 Å². The van der Waals surface area contributed by atoms with Crippen molar-refractivity contribution in [3.63, 3.8) is 0 Å². The number of sulfonamides is 1. The minimum Gasteiger partial charge on any atom is -0.354 e. The van der Waals surface area contributed by atoms with Crippen molar-refractivity contribution in [2.75, 3.05) is 38.0 Å². The summed E-state index contributed by atoms with van der Waals surface area (Å²) in [7, 11) is -3.87. The molecule has 0 radical (unpaired) electrons. The number of hydrogen-bond acceptors (Lipinski definition) is 7. The summed E-state index contributed by atoms with van der Waals surface area (Å²) in [5, 5.41) is 7.81. The fourth-order valence-corrected chi connectivity index (χ4v) is 6.66. The summed E-state index contributed by atoms with van der Waals surface area (Å²) in [6, 6.07) is 5.85. The normalized spacial score (nSPS) is 22.7. The number of carbonyl (C=O) groups is 2. The molecule has 2 aromatic rings. The van der Waals surface area contributed by atoms with E-state index < -0.39 is 15.9 Å². The van der Waals surface area contributed by atoms with E-state index >= 15 is 0 Å². The molecule has 2 amide bonds. The topological polar surface area (TPSA) is 112 Å². The maximum absolute atomic E-state index is 12.9. The van der Waals surface area contributed by atoms with Gasteiger partial charge in [-0.3, -0.25) is 19.8 Å². The van der Waals surface area contributed by atoms with Crippen molar-refractivity contribution < 1.29 is 18.0 Å². The van der Waals surface area contributed by atoms with Crippen LogP contribution in [0.1, 0.15) is 36.3 Å². The van der Waals surface area contributed by atoms with Crippen molar-refractivity contribution in [3.8, 4) is 0 Å². The predicted molar refractivity (Wildman–Crippen MR) is 126 cm³/mol. The summed E-state index contributed by atoms with van der Waals surface area (Å²) in [6.07, 6.45) is 1.24. The molecular formula is C22H29N5O4S2. The third-order valence-corrected chi connectivity index (χ3v) is 8.49. The quantitative estimate of drug-likeness (QED) is 0.639. The number of piperazine rings is 1. The standard InChI is InChI=1S/C22H29N5O4S2/c1-15-8-16(2)11-26(10-15)12-18-14-32-22(24-18)25-21(29)17-4-3-5-19(9-17)33(30,31)27-7-6-23-20(28)13-27/h3-5,9,14-16H,6-8,10-13H2,1-2H3,(H,23,28)(H,24,25,29). The minimum atomic E-state index is -3.87. The number of carbonyl (C=O) groups excluding carboxylic acids is 2. The molecule has 1 aromatic heterocycles. The fraction of sp³-hybridized carbons (Fsp3) is 0.500. The molecular weight excluding hydrogens is 462 g/mol. The monoisotopic (exact) mass is 491 g/mol. The molecule has 2 atom stereocenters. The molecule has 2 N–H and O–H groups in total. The number of thiazole rings is 1. The Morgan fingerprint density at radius 2 is 2.03 bits per heavy atom. The lowest BCUT2D eigenvalue weighted by Gasteiger charge is -2.34. The van der Waals surface area contributed by atoms with E-state index in [1.165, 1.54) is 36.0 Å². The smallest absolute Gasteiger partial charge is 0.257 e. The van der Waals surface area contributed by atoms with E-state index in [1.807, 2.05) is 5.38 Å². The van der Waals surface area contributed by atoms with Crippen LogP contribution < -0.4 is 10.6 Å². The number of amides is 2. The van der Waals surface area contributed by atoms with Gasteiger partial charge in [0.05, 0.1) is 17.1 Å². The van der Waals surface area contributed by atoms with E-state index in [9.17, 15) is 18.0 Å². The summed E-state index contributed by atoms with van der Waals surface area (Å²) in [4.78, 5) is 31.3.